The minimum absolute atomic E-state index is 0.203. The van der Waals surface area contributed by atoms with Gasteiger partial charge in [0.2, 0.25) is 0 Å². The number of morpholine rings is 1. The molecule has 2 aromatic rings. The average molecular weight is 385 g/mol. The molecular weight excluding hydrogens is 358 g/mol. The first-order valence-electron chi connectivity index (χ1n) is 9.52. The van der Waals surface area contributed by atoms with Crippen molar-refractivity contribution in [3.8, 4) is 5.75 Å². The molecule has 0 bridgehead atoms. The van der Waals surface area contributed by atoms with Gasteiger partial charge in [-0.05, 0) is 24.1 Å². The summed E-state index contributed by atoms with van der Waals surface area (Å²) < 4.78 is 10.5. The van der Waals surface area contributed by atoms with Gasteiger partial charge in [0.15, 0.2) is 0 Å². The van der Waals surface area contributed by atoms with E-state index in [2.05, 4.69) is 25.5 Å². The van der Waals surface area contributed by atoms with E-state index in [4.69, 9.17) is 9.47 Å². The Bertz CT molecular complexity index is 731. The SMILES string of the molecule is COc1ccc(CCNc2cnc(C(=O)NCCN3CCOCC3)cn2)cc1. The van der Waals surface area contributed by atoms with Crippen LogP contribution in [-0.4, -0.2) is 73.8 Å². The lowest BCUT2D eigenvalue weighted by atomic mass is 10.1. The van der Waals surface area contributed by atoms with Crippen molar-refractivity contribution in [2.75, 3.05) is 58.4 Å². The summed E-state index contributed by atoms with van der Waals surface area (Å²) in [4.78, 5) is 22.9. The summed E-state index contributed by atoms with van der Waals surface area (Å²) >= 11 is 0. The zero-order valence-electron chi connectivity index (χ0n) is 16.2. The second-order valence-corrected chi connectivity index (χ2v) is 6.52. The lowest BCUT2D eigenvalue weighted by Gasteiger charge is -2.26. The fourth-order valence-corrected chi connectivity index (χ4v) is 2.91. The van der Waals surface area contributed by atoms with Crippen LogP contribution in [0.2, 0.25) is 0 Å². The Hall–Kier alpha value is -2.71. The van der Waals surface area contributed by atoms with Crippen LogP contribution in [0.1, 0.15) is 16.1 Å². The van der Waals surface area contributed by atoms with Gasteiger partial charge in [-0.2, -0.15) is 0 Å². The molecule has 8 nitrogen and oxygen atoms in total. The van der Waals surface area contributed by atoms with Crippen LogP contribution in [0.15, 0.2) is 36.7 Å². The monoisotopic (exact) mass is 385 g/mol. The number of ether oxygens (including phenoxy) is 2. The maximum absolute atomic E-state index is 12.2. The molecule has 28 heavy (non-hydrogen) atoms. The number of nitrogens with one attached hydrogen (secondary N) is 2. The first-order valence-corrected chi connectivity index (χ1v) is 9.52. The Kier molecular flexibility index (Phi) is 7.57. The molecule has 1 aliphatic rings. The Morgan fingerprint density at radius 2 is 1.93 bits per heavy atom. The van der Waals surface area contributed by atoms with Crippen LogP contribution in [0.4, 0.5) is 5.82 Å². The van der Waals surface area contributed by atoms with Gasteiger partial charge in [-0.1, -0.05) is 12.1 Å². The molecule has 1 aliphatic heterocycles. The molecule has 2 heterocycles. The largest absolute Gasteiger partial charge is 0.497 e. The number of amides is 1. The summed E-state index contributed by atoms with van der Waals surface area (Å²) in [5.41, 5.74) is 1.53. The van der Waals surface area contributed by atoms with Crippen molar-refractivity contribution in [1.82, 2.24) is 20.2 Å². The maximum atomic E-state index is 12.2. The van der Waals surface area contributed by atoms with Gasteiger partial charge in [-0.25, -0.2) is 9.97 Å². The van der Waals surface area contributed by atoms with Crippen LogP contribution < -0.4 is 15.4 Å². The summed E-state index contributed by atoms with van der Waals surface area (Å²) in [6.07, 6.45) is 3.94. The van der Waals surface area contributed by atoms with E-state index in [-0.39, 0.29) is 5.91 Å². The second-order valence-electron chi connectivity index (χ2n) is 6.52. The first-order chi connectivity index (χ1) is 13.7. The number of methoxy groups -OCH3 is 1. The van der Waals surface area contributed by atoms with Crippen molar-refractivity contribution >= 4 is 11.7 Å². The Balaban J connectivity index is 1.37. The predicted molar refractivity (Wildman–Crippen MR) is 107 cm³/mol. The van der Waals surface area contributed by atoms with Crippen LogP contribution in [-0.2, 0) is 11.2 Å². The Labute approximate surface area is 165 Å². The van der Waals surface area contributed by atoms with Gasteiger partial charge in [0.25, 0.3) is 5.91 Å². The van der Waals surface area contributed by atoms with Gasteiger partial charge >= 0.3 is 0 Å². The van der Waals surface area contributed by atoms with E-state index in [0.29, 0.717) is 18.1 Å². The summed E-state index contributed by atoms with van der Waals surface area (Å²) in [5.74, 6) is 1.30. The zero-order valence-corrected chi connectivity index (χ0v) is 16.2. The highest BCUT2D eigenvalue weighted by molar-refractivity contribution is 5.91. The summed E-state index contributed by atoms with van der Waals surface area (Å²) in [5, 5.41) is 6.10. The highest BCUT2D eigenvalue weighted by Crippen LogP contribution is 2.12. The molecule has 1 saturated heterocycles. The molecule has 0 radical (unpaired) electrons. The second kappa shape index (κ2) is 10.6. The van der Waals surface area contributed by atoms with E-state index in [1.807, 2.05) is 24.3 Å². The van der Waals surface area contributed by atoms with Crippen molar-refractivity contribution < 1.29 is 14.3 Å². The van der Waals surface area contributed by atoms with E-state index in [0.717, 1.165) is 51.6 Å². The smallest absolute Gasteiger partial charge is 0.271 e. The van der Waals surface area contributed by atoms with Crippen LogP contribution >= 0.6 is 0 Å². The quantitative estimate of drug-likeness (QED) is 0.671. The highest BCUT2D eigenvalue weighted by atomic mass is 16.5. The molecule has 1 fully saturated rings. The van der Waals surface area contributed by atoms with Crippen molar-refractivity contribution in [2.45, 2.75) is 6.42 Å². The molecule has 0 saturated carbocycles. The standard InChI is InChI=1S/C20H27N5O3/c1-27-17-4-2-16(3-5-17)6-7-21-19-15-23-18(14-24-19)20(26)22-8-9-25-10-12-28-13-11-25/h2-5,14-15H,6-13H2,1H3,(H,21,24)(H,22,26). The molecule has 1 aromatic carbocycles. The number of hydrogen-bond acceptors (Lipinski definition) is 7. The van der Waals surface area contributed by atoms with Crippen molar-refractivity contribution in [1.29, 1.82) is 0 Å². The molecule has 1 aromatic heterocycles. The van der Waals surface area contributed by atoms with E-state index < -0.39 is 0 Å². The number of carbonyl (C=O) groups excluding carboxylic acids is 1. The third-order valence-corrected chi connectivity index (χ3v) is 4.58. The first kappa shape index (κ1) is 20.0. The minimum atomic E-state index is -0.203. The van der Waals surface area contributed by atoms with Crippen LogP contribution in [0.25, 0.3) is 0 Å². The molecule has 0 aliphatic carbocycles. The number of benzene rings is 1. The molecule has 1 amide bonds. The lowest BCUT2D eigenvalue weighted by molar-refractivity contribution is 0.0383. The Morgan fingerprint density at radius 3 is 2.61 bits per heavy atom. The van der Waals surface area contributed by atoms with Crippen molar-refractivity contribution in [3.63, 3.8) is 0 Å². The normalized spacial score (nSPS) is 14.5. The number of anilines is 1. The fraction of sp³-hybridized carbons (Fsp3) is 0.450. The van der Waals surface area contributed by atoms with Crippen molar-refractivity contribution in [3.05, 3.63) is 47.9 Å². The number of nitrogens with zero attached hydrogens (tertiary/aromatic N) is 3. The van der Waals surface area contributed by atoms with E-state index in [9.17, 15) is 4.79 Å². The van der Waals surface area contributed by atoms with Crippen LogP contribution in [0.3, 0.4) is 0 Å². The lowest BCUT2D eigenvalue weighted by Crippen LogP contribution is -2.41. The Morgan fingerprint density at radius 1 is 1.14 bits per heavy atom. The van der Waals surface area contributed by atoms with Crippen LogP contribution in [0.5, 0.6) is 5.75 Å². The van der Waals surface area contributed by atoms with Crippen molar-refractivity contribution in [2.24, 2.45) is 0 Å². The van der Waals surface area contributed by atoms with Gasteiger partial charge in [-0.15, -0.1) is 0 Å². The molecule has 0 spiro atoms. The highest BCUT2D eigenvalue weighted by Gasteiger charge is 2.11. The molecule has 0 atom stereocenters. The predicted octanol–water partition coefficient (Wildman–Crippen LogP) is 1.20. The van der Waals surface area contributed by atoms with Gasteiger partial charge in [0.05, 0.1) is 32.7 Å². The van der Waals surface area contributed by atoms with Gasteiger partial charge < -0.3 is 20.1 Å². The summed E-state index contributed by atoms with van der Waals surface area (Å²) in [6, 6.07) is 7.97. The number of carbonyl (C=O) groups is 1. The molecular formula is C20H27N5O3. The molecule has 2 N–H and O–H groups in total. The number of aromatic nitrogens is 2. The van der Waals surface area contributed by atoms with Crippen LogP contribution in [0, 0.1) is 0 Å². The number of hydrogen-bond donors (Lipinski definition) is 2. The third-order valence-electron chi connectivity index (χ3n) is 4.58. The average Bonchev–Trinajstić information content (AvgIpc) is 2.75. The minimum Gasteiger partial charge on any atom is -0.497 e. The van der Waals surface area contributed by atoms with E-state index in [1.54, 1.807) is 13.3 Å². The fourth-order valence-electron chi connectivity index (χ4n) is 2.91. The molecule has 8 heteroatoms. The topological polar surface area (TPSA) is 88.6 Å². The van der Waals surface area contributed by atoms with E-state index >= 15 is 0 Å². The van der Waals surface area contributed by atoms with Gasteiger partial charge in [0.1, 0.15) is 17.3 Å². The number of rotatable bonds is 9. The van der Waals surface area contributed by atoms with Gasteiger partial charge in [-0.3, -0.25) is 9.69 Å². The maximum Gasteiger partial charge on any atom is 0.271 e. The third kappa shape index (κ3) is 6.17. The molecule has 0 unspecified atom stereocenters. The van der Waals surface area contributed by atoms with E-state index in [1.165, 1.54) is 11.8 Å². The molecule has 3 rings (SSSR count). The summed E-state index contributed by atoms with van der Waals surface area (Å²) in [7, 11) is 1.66. The molecule has 150 valence electrons. The summed E-state index contributed by atoms with van der Waals surface area (Å²) in [6.45, 7) is 5.46. The van der Waals surface area contributed by atoms with Gasteiger partial charge in [0, 0.05) is 32.7 Å². The zero-order chi connectivity index (χ0) is 19.6.